The lowest BCUT2D eigenvalue weighted by Crippen LogP contribution is -3.08. The summed E-state index contributed by atoms with van der Waals surface area (Å²) < 4.78 is 0. The second-order valence-corrected chi connectivity index (χ2v) is 7.47. The summed E-state index contributed by atoms with van der Waals surface area (Å²) in [5.41, 5.74) is 3.69. The first-order valence-electron chi connectivity index (χ1n) is 10.1. The van der Waals surface area contributed by atoms with Gasteiger partial charge in [-0.25, -0.2) is 0 Å². The first kappa shape index (κ1) is 22.4. The smallest absolute Gasteiger partial charge is 0.279 e. The van der Waals surface area contributed by atoms with E-state index in [1.807, 2.05) is 35.0 Å². The number of amides is 2. The molecule has 0 aliphatic carbocycles. The molecule has 156 valence electrons. The third-order valence-electron chi connectivity index (χ3n) is 4.89. The molecule has 29 heavy (non-hydrogen) atoms. The van der Waals surface area contributed by atoms with Crippen molar-refractivity contribution in [3.8, 4) is 0 Å². The molecule has 0 aliphatic rings. The lowest BCUT2D eigenvalue weighted by atomic mass is 10.1. The van der Waals surface area contributed by atoms with Crippen molar-refractivity contribution < 1.29 is 14.5 Å². The number of anilines is 2. The third-order valence-corrected chi connectivity index (χ3v) is 4.89. The van der Waals surface area contributed by atoms with Gasteiger partial charge in [0.25, 0.3) is 11.8 Å². The molecular formula is C23H33N4O2+. The number of nitrogens with zero attached hydrogens (tertiary/aromatic N) is 2. The maximum atomic E-state index is 12.4. The number of benzene rings is 2. The number of likely N-dealkylation sites (N-methyl/N-ethyl adjacent to an activating group) is 1. The van der Waals surface area contributed by atoms with Gasteiger partial charge in [0.1, 0.15) is 6.54 Å². The quantitative estimate of drug-likeness (QED) is 0.679. The number of nitrogens with one attached hydrogen (secondary N) is 2. The Morgan fingerprint density at radius 3 is 2.03 bits per heavy atom. The number of hydrogen-bond acceptors (Lipinski definition) is 3. The van der Waals surface area contributed by atoms with Crippen LogP contribution in [0.15, 0.2) is 48.5 Å². The Morgan fingerprint density at radius 1 is 0.931 bits per heavy atom. The Kier molecular flexibility index (Phi) is 8.21. The molecule has 6 nitrogen and oxygen atoms in total. The van der Waals surface area contributed by atoms with Gasteiger partial charge in [-0.05, 0) is 50.2 Å². The largest absolute Gasteiger partial charge is 0.378 e. The minimum absolute atomic E-state index is 0.0114. The minimum atomic E-state index is -0.0461. The number of carbonyl (C=O) groups excluding carboxylic acids is 2. The lowest BCUT2D eigenvalue weighted by molar-refractivity contribution is -0.885. The van der Waals surface area contributed by atoms with Crippen molar-refractivity contribution in [2.45, 2.75) is 20.4 Å². The zero-order valence-electron chi connectivity index (χ0n) is 18.2. The van der Waals surface area contributed by atoms with Gasteiger partial charge < -0.3 is 20.0 Å². The molecule has 6 heteroatoms. The van der Waals surface area contributed by atoms with Crippen LogP contribution in [-0.2, 0) is 11.3 Å². The molecule has 0 radical (unpaired) electrons. The maximum Gasteiger partial charge on any atom is 0.279 e. The molecule has 2 aromatic carbocycles. The Hall–Kier alpha value is -2.86. The van der Waals surface area contributed by atoms with Crippen molar-refractivity contribution in [1.82, 2.24) is 4.90 Å². The van der Waals surface area contributed by atoms with Crippen molar-refractivity contribution in [2.75, 3.05) is 51.0 Å². The van der Waals surface area contributed by atoms with Crippen molar-refractivity contribution >= 4 is 23.2 Å². The predicted molar refractivity (Wildman–Crippen MR) is 119 cm³/mol. The molecular weight excluding hydrogens is 364 g/mol. The Labute approximate surface area is 174 Å². The SMILES string of the molecule is CCN(CC)C(=O)c1ccc(NC(=O)C[NH+](C)Cc2ccc(N(C)C)cc2)cc1. The Bertz CT molecular complexity index is 797. The molecule has 1 unspecified atom stereocenters. The highest BCUT2D eigenvalue weighted by Gasteiger charge is 2.14. The fourth-order valence-electron chi connectivity index (χ4n) is 3.19. The second-order valence-electron chi connectivity index (χ2n) is 7.47. The van der Waals surface area contributed by atoms with Crippen LogP contribution >= 0.6 is 0 Å². The van der Waals surface area contributed by atoms with Crippen molar-refractivity contribution in [3.05, 3.63) is 59.7 Å². The van der Waals surface area contributed by atoms with Crippen LogP contribution in [0.3, 0.4) is 0 Å². The standard InChI is InChI=1S/C23H32N4O2/c1-6-27(7-2)23(29)19-10-12-20(13-11-19)24-22(28)17-26(5)16-18-8-14-21(15-9-18)25(3)4/h8-15H,6-7,16-17H2,1-5H3,(H,24,28)/p+1. The van der Waals surface area contributed by atoms with E-state index in [-0.39, 0.29) is 11.8 Å². The molecule has 0 saturated heterocycles. The van der Waals surface area contributed by atoms with Crippen molar-refractivity contribution in [2.24, 2.45) is 0 Å². The zero-order valence-corrected chi connectivity index (χ0v) is 18.2. The van der Waals surface area contributed by atoms with Crippen LogP contribution < -0.4 is 15.1 Å². The van der Waals surface area contributed by atoms with Crippen LogP contribution in [0.4, 0.5) is 11.4 Å². The molecule has 0 saturated carbocycles. The van der Waals surface area contributed by atoms with Gasteiger partial charge in [0.2, 0.25) is 0 Å². The maximum absolute atomic E-state index is 12.4. The van der Waals surface area contributed by atoms with Crippen molar-refractivity contribution in [1.29, 1.82) is 0 Å². The number of quaternary nitrogens is 1. The molecule has 1 atom stereocenters. The molecule has 0 aliphatic heterocycles. The average molecular weight is 398 g/mol. The molecule has 0 bridgehead atoms. The molecule has 0 spiro atoms. The topological polar surface area (TPSA) is 57.1 Å². The first-order chi connectivity index (χ1) is 13.8. The van der Waals surface area contributed by atoms with E-state index >= 15 is 0 Å². The van der Waals surface area contributed by atoms with E-state index in [1.165, 1.54) is 5.56 Å². The predicted octanol–water partition coefficient (Wildman–Crippen LogP) is 1.89. The highest BCUT2D eigenvalue weighted by Crippen LogP contribution is 2.12. The fourth-order valence-corrected chi connectivity index (χ4v) is 3.19. The van der Waals surface area contributed by atoms with Gasteiger partial charge in [-0.15, -0.1) is 0 Å². The molecule has 2 rings (SSSR count). The summed E-state index contributed by atoms with van der Waals surface area (Å²) in [5.74, 6) is -0.0347. The monoisotopic (exact) mass is 397 g/mol. The van der Waals surface area contributed by atoms with Gasteiger partial charge in [0.15, 0.2) is 6.54 Å². The van der Waals surface area contributed by atoms with E-state index in [9.17, 15) is 9.59 Å². The van der Waals surface area contributed by atoms with Gasteiger partial charge in [0, 0.05) is 49.7 Å². The van der Waals surface area contributed by atoms with Crippen LogP contribution in [0.1, 0.15) is 29.8 Å². The molecule has 0 aromatic heterocycles. The van der Waals surface area contributed by atoms with Gasteiger partial charge in [-0.1, -0.05) is 12.1 Å². The van der Waals surface area contributed by atoms with E-state index in [0.717, 1.165) is 17.1 Å². The summed E-state index contributed by atoms with van der Waals surface area (Å²) in [4.78, 5) is 29.7. The van der Waals surface area contributed by atoms with E-state index in [1.54, 1.807) is 29.2 Å². The van der Waals surface area contributed by atoms with Gasteiger partial charge in [-0.2, -0.15) is 0 Å². The first-order valence-corrected chi connectivity index (χ1v) is 10.1. The fraction of sp³-hybridized carbons (Fsp3) is 0.391. The molecule has 2 amide bonds. The van der Waals surface area contributed by atoms with Crippen molar-refractivity contribution in [3.63, 3.8) is 0 Å². The summed E-state index contributed by atoms with van der Waals surface area (Å²) in [6.07, 6.45) is 0. The van der Waals surface area contributed by atoms with E-state index in [0.29, 0.717) is 30.9 Å². The van der Waals surface area contributed by atoms with E-state index < -0.39 is 0 Å². The molecule has 2 N–H and O–H groups in total. The normalized spacial score (nSPS) is 11.6. The Morgan fingerprint density at radius 2 is 1.52 bits per heavy atom. The molecule has 0 fully saturated rings. The van der Waals surface area contributed by atoms with Gasteiger partial charge in [0.05, 0.1) is 7.05 Å². The van der Waals surface area contributed by atoms with Gasteiger partial charge >= 0.3 is 0 Å². The second kappa shape index (κ2) is 10.6. The van der Waals surface area contributed by atoms with Crippen LogP contribution in [0.2, 0.25) is 0 Å². The Balaban J connectivity index is 1.87. The van der Waals surface area contributed by atoms with Crippen LogP contribution in [-0.4, -0.2) is 57.5 Å². The van der Waals surface area contributed by atoms with Crippen LogP contribution in [0.5, 0.6) is 0 Å². The third kappa shape index (κ3) is 6.61. The molecule has 2 aromatic rings. The highest BCUT2D eigenvalue weighted by molar-refractivity contribution is 5.96. The minimum Gasteiger partial charge on any atom is -0.378 e. The summed E-state index contributed by atoms with van der Waals surface area (Å²) >= 11 is 0. The number of carbonyl (C=O) groups is 2. The van der Waals surface area contributed by atoms with Crippen LogP contribution in [0, 0.1) is 0 Å². The summed E-state index contributed by atoms with van der Waals surface area (Å²) in [6, 6.07) is 15.5. The van der Waals surface area contributed by atoms with Crippen LogP contribution in [0.25, 0.3) is 0 Å². The summed E-state index contributed by atoms with van der Waals surface area (Å²) in [7, 11) is 6.04. The highest BCUT2D eigenvalue weighted by atomic mass is 16.2. The number of rotatable bonds is 9. The lowest BCUT2D eigenvalue weighted by Gasteiger charge is -2.18. The average Bonchev–Trinajstić information content (AvgIpc) is 2.69. The van der Waals surface area contributed by atoms with E-state index in [2.05, 4.69) is 34.5 Å². The van der Waals surface area contributed by atoms with E-state index in [4.69, 9.17) is 0 Å². The summed E-state index contributed by atoms with van der Waals surface area (Å²) in [5, 5.41) is 2.91. The molecule has 0 heterocycles. The number of hydrogen-bond donors (Lipinski definition) is 2. The summed E-state index contributed by atoms with van der Waals surface area (Å²) in [6.45, 7) is 6.44. The zero-order chi connectivity index (χ0) is 21.4. The van der Waals surface area contributed by atoms with Gasteiger partial charge in [-0.3, -0.25) is 9.59 Å².